The van der Waals surface area contributed by atoms with Crippen LogP contribution in [0.1, 0.15) is 36.0 Å². The molecule has 0 saturated heterocycles. The lowest BCUT2D eigenvalue weighted by molar-refractivity contribution is 0.102. The summed E-state index contributed by atoms with van der Waals surface area (Å²) >= 11 is 6.21. The highest BCUT2D eigenvalue weighted by atomic mass is 35.5. The molecule has 4 rings (SSSR count). The zero-order valence-electron chi connectivity index (χ0n) is 17.7. The average molecular weight is 513 g/mol. The van der Waals surface area contributed by atoms with Gasteiger partial charge in [-0.1, -0.05) is 11.6 Å². The van der Waals surface area contributed by atoms with Crippen LogP contribution >= 0.6 is 11.6 Å². The number of hydrogen-bond acceptors (Lipinski definition) is 5. The Kier molecular flexibility index (Phi) is 6.40. The fraction of sp³-hybridized carbons (Fsp3) is 0.391. The Morgan fingerprint density at radius 1 is 1.15 bits per heavy atom. The molecule has 2 aromatic rings. The third-order valence-corrected chi connectivity index (χ3v) is 9.66. The number of benzene rings is 2. The summed E-state index contributed by atoms with van der Waals surface area (Å²) in [7, 11) is -4.02. The zero-order chi connectivity index (χ0) is 24.8. The number of rotatable bonds is 5. The summed E-state index contributed by atoms with van der Waals surface area (Å²) in [5.74, 6) is -6.20. The number of aliphatic hydroxyl groups excluding tert-OH is 1. The third kappa shape index (κ3) is 4.17. The maximum Gasteiger partial charge on any atom is 0.255 e. The van der Waals surface area contributed by atoms with Crippen LogP contribution in [0.2, 0.25) is 5.02 Å². The number of anilines is 1. The van der Waals surface area contributed by atoms with Gasteiger partial charge in [0.25, 0.3) is 5.91 Å². The maximum atomic E-state index is 13.6. The lowest BCUT2D eigenvalue weighted by Crippen LogP contribution is -2.43. The second kappa shape index (κ2) is 8.87. The lowest BCUT2D eigenvalue weighted by atomic mass is 9.70. The van der Waals surface area contributed by atoms with Crippen LogP contribution in [0.25, 0.3) is 0 Å². The molecular formula is C23H20ClF3N2O4S. The van der Waals surface area contributed by atoms with Crippen molar-refractivity contribution in [2.24, 2.45) is 17.3 Å². The maximum absolute atomic E-state index is 13.6. The average Bonchev–Trinajstić information content (AvgIpc) is 3.09. The number of fused-ring (bicyclic) bond motifs is 2. The van der Waals surface area contributed by atoms with Gasteiger partial charge in [0.1, 0.15) is 0 Å². The molecule has 2 aliphatic carbocycles. The van der Waals surface area contributed by atoms with Crippen molar-refractivity contribution >= 4 is 33.0 Å². The van der Waals surface area contributed by atoms with E-state index in [9.17, 15) is 36.8 Å². The van der Waals surface area contributed by atoms with E-state index in [2.05, 4.69) is 11.4 Å². The quantitative estimate of drug-likeness (QED) is 0.575. The molecule has 0 heterocycles. The summed E-state index contributed by atoms with van der Waals surface area (Å²) in [5.41, 5.74) is -1.44. The molecule has 0 radical (unpaired) electrons. The van der Waals surface area contributed by atoms with Crippen LogP contribution in [0.3, 0.4) is 0 Å². The van der Waals surface area contributed by atoms with Gasteiger partial charge in [0.2, 0.25) is 0 Å². The highest BCUT2D eigenvalue weighted by Gasteiger charge is 2.54. The first-order valence-electron chi connectivity index (χ1n) is 10.5. The number of carbonyl (C=O) groups excluding carboxylic acids is 1. The Morgan fingerprint density at radius 2 is 1.74 bits per heavy atom. The smallest absolute Gasteiger partial charge is 0.255 e. The number of amides is 1. The molecule has 2 aromatic carbocycles. The Hall–Kier alpha value is -2.61. The molecule has 4 atom stereocenters. The van der Waals surface area contributed by atoms with Crippen molar-refractivity contribution in [3.05, 3.63) is 58.4 Å². The summed E-state index contributed by atoms with van der Waals surface area (Å²) in [6.07, 6.45) is 1.69. The minimum Gasteiger partial charge on any atom is -0.395 e. The van der Waals surface area contributed by atoms with Gasteiger partial charge >= 0.3 is 0 Å². The molecule has 2 saturated carbocycles. The minimum atomic E-state index is -4.02. The van der Waals surface area contributed by atoms with Gasteiger partial charge in [-0.05, 0) is 55.7 Å². The molecule has 0 aliphatic heterocycles. The van der Waals surface area contributed by atoms with Gasteiger partial charge in [-0.3, -0.25) is 4.79 Å². The normalized spacial score (nSPS) is 26.2. The number of nitriles is 1. The Morgan fingerprint density at radius 3 is 2.26 bits per heavy atom. The standard InChI is InChI=1S/C23H20ClF3N2O4S/c24-16-4-3-12(22(31)29-15-6-17(25)20(27)18(26)7-15)5-19(16)34(32,33)21-13-1-2-14(21)9-23(8-13,10-28)11-30/h3-7,13-14,21,30H,1-2,8-9,11H2,(H,29,31)/t13-,14?,21?,23?/m1/s1. The van der Waals surface area contributed by atoms with E-state index in [0.29, 0.717) is 25.0 Å². The molecule has 3 unspecified atom stereocenters. The van der Waals surface area contributed by atoms with Crippen molar-refractivity contribution in [1.82, 2.24) is 0 Å². The van der Waals surface area contributed by atoms with E-state index in [1.54, 1.807) is 0 Å². The van der Waals surface area contributed by atoms with Crippen molar-refractivity contribution in [1.29, 1.82) is 5.26 Å². The molecule has 2 bridgehead atoms. The van der Waals surface area contributed by atoms with E-state index in [0.717, 1.165) is 6.07 Å². The fourth-order valence-corrected chi connectivity index (χ4v) is 8.11. The number of sulfone groups is 1. The SMILES string of the molecule is N#CC1(CO)CC2CC[C@H](C1)C2S(=O)(=O)c1cc(C(=O)Nc2cc(F)c(F)c(F)c2)ccc1Cl. The monoisotopic (exact) mass is 512 g/mol. The van der Waals surface area contributed by atoms with E-state index in [4.69, 9.17) is 11.6 Å². The molecule has 2 aliphatic rings. The minimum absolute atomic E-state index is 0.0888. The van der Waals surface area contributed by atoms with Crippen LogP contribution in [0.5, 0.6) is 0 Å². The van der Waals surface area contributed by atoms with Crippen molar-refractivity contribution in [2.75, 3.05) is 11.9 Å². The van der Waals surface area contributed by atoms with Crippen LogP contribution in [-0.2, 0) is 9.84 Å². The summed E-state index contributed by atoms with van der Waals surface area (Å²) in [4.78, 5) is 12.4. The second-order valence-electron chi connectivity index (χ2n) is 8.92. The highest BCUT2D eigenvalue weighted by molar-refractivity contribution is 7.92. The van der Waals surface area contributed by atoms with Crippen molar-refractivity contribution in [2.45, 2.75) is 35.8 Å². The highest BCUT2D eigenvalue weighted by Crippen LogP contribution is 2.54. The van der Waals surface area contributed by atoms with Gasteiger partial charge in [-0.2, -0.15) is 5.26 Å². The predicted molar refractivity (Wildman–Crippen MR) is 117 cm³/mol. The molecule has 0 aromatic heterocycles. The van der Waals surface area contributed by atoms with E-state index in [1.807, 2.05) is 0 Å². The van der Waals surface area contributed by atoms with Gasteiger partial charge < -0.3 is 10.4 Å². The Balaban J connectivity index is 1.64. The van der Waals surface area contributed by atoms with E-state index in [1.165, 1.54) is 12.1 Å². The number of aliphatic hydroxyl groups is 1. The number of nitrogens with one attached hydrogen (secondary N) is 1. The molecule has 0 spiro atoms. The summed E-state index contributed by atoms with van der Waals surface area (Å²) in [6.45, 7) is -0.343. The first kappa shape index (κ1) is 24.5. The summed E-state index contributed by atoms with van der Waals surface area (Å²) in [5, 5.41) is 20.6. The Labute approximate surface area is 199 Å². The predicted octanol–water partition coefficient (Wildman–Crippen LogP) is 4.47. The lowest BCUT2D eigenvalue weighted by Gasteiger charge is -2.39. The molecule has 34 heavy (non-hydrogen) atoms. The Bertz CT molecular complexity index is 1270. The topological polar surface area (TPSA) is 107 Å². The first-order valence-corrected chi connectivity index (χ1v) is 12.5. The molecule has 2 N–H and O–H groups in total. The van der Waals surface area contributed by atoms with Gasteiger partial charge in [0.15, 0.2) is 27.3 Å². The molecule has 2 fully saturated rings. The number of hydrogen-bond donors (Lipinski definition) is 2. The number of carbonyl (C=O) groups is 1. The molecule has 1 amide bonds. The fourth-order valence-electron chi connectivity index (χ4n) is 5.27. The van der Waals surface area contributed by atoms with Gasteiger partial charge in [-0.15, -0.1) is 0 Å². The van der Waals surface area contributed by atoms with Crippen LogP contribution in [0, 0.1) is 46.0 Å². The van der Waals surface area contributed by atoms with Crippen LogP contribution in [0.4, 0.5) is 18.9 Å². The van der Waals surface area contributed by atoms with Gasteiger partial charge in [0.05, 0.1) is 33.3 Å². The molecule has 180 valence electrons. The zero-order valence-corrected chi connectivity index (χ0v) is 19.3. The van der Waals surface area contributed by atoms with Crippen molar-refractivity contribution in [3.63, 3.8) is 0 Å². The van der Waals surface area contributed by atoms with E-state index < -0.39 is 43.9 Å². The van der Waals surface area contributed by atoms with Crippen molar-refractivity contribution in [3.8, 4) is 6.07 Å². The molecular weight excluding hydrogens is 493 g/mol. The summed E-state index contributed by atoms with van der Waals surface area (Å²) in [6, 6.07) is 6.96. The largest absolute Gasteiger partial charge is 0.395 e. The summed E-state index contributed by atoms with van der Waals surface area (Å²) < 4.78 is 67.3. The number of halogens is 4. The van der Waals surface area contributed by atoms with Crippen LogP contribution in [0.15, 0.2) is 35.2 Å². The first-order chi connectivity index (χ1) is 16.0. The number of nitrogens with zero attached hydrogens (tertiary/aromatic N) is 1. The van der Waals surface area contributed by atoms with Gasteiger partial charge in [0, 0.05) is 23.4 Å². The van der Waals surface area contributed by atoms with Gasteiger partial charge in [-0.25, -0.2) is 21.6 Å². The van der Waals surface area contributed by atoms with Crippen LogP contribution < -0.4 is 5.32 Å². The van der Waals surface area contributed by atoms with E-state index in [-0.39, 0.29) is 52.5 Å². The van der Waals surface area contributed by atoms with Crippen molar-refractivity contribution < 1.29 is 31.5 Å². The second-order valence-corrected chi connectivity index (χ2v) is 11.4. The van der Waals surface area contributed by atoms with Crippen LogP contribution in [-0.4, -0.2) is 31.3 Å². The molecule has 6 nitrogen and oxygen atoms in total. The van der Waals surface area contributed by atoms with E-state index >= 15 is 0 Å². The molecule has 11 heteroatoms. The third-order valence-electron chi connectivity index (χ3n) is 6.78.